The maximum atomic E-state index is 13.8. The quantitative estimate of drug-likeness (QED) is 0.239. The first-order valence-corrected chi connectivity index (χ1v) is 15.0. The summed E-state index contributed by atoms with van der Waals surface area (Å²) in [5, 5.41) is 0. The van der Waals surface area contributed by atoms with Gasteiger partial charge in [-0.05, 0) is 94.6 Å². The van der Waals surface area contributed by atoms with E-state index in [4.69, 9.17) is 9.72 Å². The van der Waals surface area contributed by atoms with Gasteiger partial charge in [-0.15, -0.1) is 0 Å². The van der Waals surface area contributed by atoms with E-state index in [0.29, 0.717) is 17.9 Å². The summed E-state index contributed by atoms with van der Waals surface area (Å²) < 4.78 is 7.69. The molecule has 0 saturated carbocycles. The molecule has 3 heterocycles. The molecule has 6 nitrogen and oxygen atoms in total. The summed E-state index contributed by atoms with van der Waals surface area (Å²) in [7, 11) is 1.70. The molecule has 39 heavy (non-hydrogen) atoms. The first-order chi connectivity index (χ1) is 18.8. The van der Waals surface area contributed by atoms with Crippen LogP contribution in [0.4, 0.5) is 0 Å². The van der Waals surface area contributed by atoms with Crippen LogP contribution in [0.25, 0.3) is 16.9 Å². The maximum absolute atomic E-state index is 13.8. The number of aryl methyl sites for hydroxylation is 1. The highest BCUT2D eigenvalue weighted by Crippen LogP contribution is 2.30. The van der Waals surface area contributed by atoms with Gasteiger partial charge in [-0.3, -0.25) is 4.79 Å². The molecule has 2 aromatic heterocycles. The summed E-state index contributed by atoms with van der Waals surface area (Å²) in [6.45, 7) is 15.2. The van der Waals surface area contributed by atoms with Crippen molar-refractivity contribution in [2.24, 2.45) is 11.8 Å². The molecule has 212 valence electrons. The number of amides is 1. The lowest BCUT2D eigenvalue weighted by molar-refractivity contribution is 0.0740. The van der Waals surface area contributed by atoms with Crippen LogP contribution in [-0.4, -0.2) is 64.4 Å². The fraction of sp³-hybridized carbons (Fsp3) is 0.576. The average Bonchev–Trinajstić information content (AvgIpc) is 3.59. The molecule has 6 heteroatoms. The Hall–Kier alpha value is -2.86. The number of fused-ring (bicyclic) bond motifs is 1. The second-order valence-electron chi connectivity index (χ2n) is 12.1. The predicted octanol–water partition coefficient (Wildman–Crippen LogP) is 6.96. The van der Waals surface area contributed by atoms with Gasteiger partial charge < -0.3 is 18.9 Å². The Bertz CT molecular complexity index is 1210. The van der Waals surface area contributed by atoms with Gasteiger partial charge in [-0.1, -0.05) is 39.8 Å². The zero-order valence-corrected chi connectivity index (χ0v) is 24.9. The highest BCUT2D eigenvalue weighted by molar-refractivity contribution is 5.94. The van der Waals surface area contributed by atoms with Gasteiger partial charge in [0, 0.05) is 30.9 Å². The number of pyridine rings is 1. The van der Waals surface area contributed by atoms with E-state index in [0.717, 1.165) is 72.7 Å². The lowest BCUT2D eigenvalue weighted by Gasteiger charge is -2.25. The Balaban J connectivity index is 1.69. The molecular formula is C33H48N4O2. The van der Waals surface area contributed by atoms with Crippen LogP contribution in [-0.2, 0) is 6.42 Å². The third-order valence-electron chi connectivity index (χ3n) is 8.11. The summed E-state index contributed by atoms with van der Waals surface area (Å²) in [6.07, 6.45) is 8.59. The van der Waals surface area contributed by atoms with Crippen molar-refractivity contribution in [3.8, 4) is 17.0 Å². The van der Waals surface area contributed by atoms with E-state index < -0.39 is 0 Å². The lowest BCUT2D eigenvalue weighted by atomic mass is 10.0. The summed E-state index contributed by atoms with van der Waals surface area (Å²) in [6, 6.07) is 12.6. The first-order valence-electron chi connectivity index (χ1n) is 15.0. The number of carbonyl (C=O) groups excluding carboxylic acids is 1. The van der Waals surface area contributed by atoms with E-state index >= 15 is 0 Å². The molecule has 0 bridgehead atoms. The molecule has 0 spiro atoms. The molecule has 1 aliphatic rings. The average molecular weight is 533 g/mol. The summed E-state index contributed by atoms with van der Waals surface area (Å²) in [5.74, 6) is 2.06. The number of hydrogen-bond donors (Lipinski definition) is 0. The van der Waals surface area contributed by atoms with Crippen molar-refractivity contribution in [3.63, 3.8) is 0 Å². The number of likely N-dealkylation sites (tertiary alicyclic amines) is 1. The minimum absolute atomic E-state index is 0.117. The van der Waals surface area contributed by atoms with Gasteiger partial charge in [0.15, 0.2) is 0 Å². The van der Waals surface area contributed by atoms with Gasteiger partial charge >= 0.3 is 0 Å². The van der Waals surface area contributed by atoms with E-state index in [2.05, 4.69) is 61.0 Å². The SMILES string of the molecule is COc1cccc(-c2nc3ccc(C(=O)N(CCC(C)C)CCC(C)C)cn3c2CCC(C)N2CCCC2)c1. The van der Waals surface area contributed by atoms with E-state index in [1.54, 1.807) is 7.11 Å². The van der Waals surface area contributed by atoms with Gasteiger partial charge in [0.1, 0.15) is 11.4 Å². The first kappa shape index (κ1) is 29.1. The predicted molar refractivity (Wildman–Crippen MR) is 161 cm³/mol. The lowest BCUT2D eigenvalue weighted by Crippen LogP contribution is -2.34. The van der Waals surface area contributed by atoms with Crippen LogP contribution in [0.2, 0.25) is 0 Å². The monoisotopic (exact) mass is 532 g/mol. The standard InChI is InChI=1S/C33H48N4O2/c1-24(2)16-20-36(21-17-25(3)4)33(38)28-13-15-31-34-32(27-10-9-11-29(22-27)39-6)30(37(31)23-28)14-12-26(5)35-18-7-8-19-35/h9-11,13,15,22-26H,7-8,12,14,16-21H2,1-6H3. The zero-order valence-electron chi connectivity index (χ0n) is 24.9. The summed E-state index contributed by atoms with van der Waals surface area (Å²) in [5.41, 5.74) is 4.80. The summed E-state index contributed by atoms with van der Waals surface area (Å²) in [4.78, 5) is 23.5. The number of carbonyl (C=O) groups is 1. The fourth-order valence-corrected chi connectivity index (χ4v) is 5.50. The Morgan fingerprint density at radius 2 is 1.67 bits per heavy atom. The van der Waals surface area contributed by atoms with E-state index in [1.807, 2.05) is 30.5 Å². The van der Waals surface area contributed by atoms with Crippen LogP contribution >= 0.6 is 0 Å². The second kappa shape index (κ2) is 13.5. The number of aromatic nitrogens is 2. The molecular weight excluding hydrogens is 484 g/mol. The number of rotatable bonds is 13. The minimum atomic E-state index is 0.117. The normalized spacial score (nSPS) is 15.0. The van der Waals surface area contributed by atoms with Crippen molar-refractivity contribution in [2.45, 2.75) is 79.2 Å². The molecule has 1 atom stereocenters. The molecule has 1 aromatic carbocycles. The number of benzene rings is 1. The molecule has 1 aliphatic heterocycles. The highest BCUT2D eigenvalue weighted by Gasteiger charge is 2.22. The van der Waals surface area contributed by atoms with Crippen LogP contribution in [0.1, 0.15) is 82.8 Å². The van der Waals surface area contributed by atoms with Crippen molar-refractivity contribution in [1.82, 2.24) is 19.2 Å². The largest absolute Gasteiger partial charge is 0.497 e. The highest BCUT2D eigenvalue weighted by atomic mass is 16.5. The van der Waals surface area contributed by atoms with Crippen molar-refractivity contribution < 1.29 is 9.53 Å². The molecule has 1 unspecified atom stereocenters. The number of ether oxygens (including phenoxy) is 1. The van der Waals surface area contributed by atoms with Crippen molar-refractivity contribution >= 4 is 11.6 Å². The van der Waals surface area contributed by atoms with E-state index in [-0.39, 0.29) is 5.91 Å². The third kappa shape index (κ3) is 7.42. The Morgan fingerprint density at radius 1 is 0.974 bits per heavy atom. The van der Waals surface area contributed by atoms with Crippen LogP contribution in [0.3, 0.4) is 0 Å². The smallest absolute Gasteiger partial charge is 0.255 e. The zero-order chi connectivity index (χ0) is 27.9. The van der Waals surface area contributed by atoms with Gasteiger partial charge in [0.05, 0.1) is 24.1 Å². The molecule has 4 rings (SSSR count). The van der Waals surface area contributed by atoms with Crippen LogP contribution in [0.5, 0.6) is 5.75 Å². The van der Waals surface area contributed by atoms with E-state index in [1.165, 1.54) is 25.9 Å². The Kier molecular flexibility index (Phi) is 10.1. The Labute approximate surface area is 235 Å². The molecule has 0 aliphatic carbocycles. The van der Waals surface area contributed by atoms with Crippen LogP contribution in [0, 0.1) is 11.8 Å². The topological polar surface area (TPSA) is 50.1 Å². The van der Waals surface area contributed by atoms with Crippen molar-refractivity contribution in [1.29, 1.82) is 0 Å². The van der Waals surface area contributed by atoms with E-state index in [9.17, 15) is 4.79 Å². The Morgan fingerprint density at radius 3 is 2.31 bits per heavy atom. The van der Waals surface area contributed by atoms with Crippen LogP contribution in [0.15, 0.2) is 42.6 Å². The minimum Gasteiger partial charge on any atom is -0.497 e. The van der Waals surface area contributed by atoms with Gasteiger partial charge in [0.2, 0.25) is 0 Å². The second-order valence-corrected chi connectivity index (χ2v) is 12.1. The van der Waals surface area contributed by atoms with Crippen molar-refractivity contribution in [3.05, 3.63) is 53.9 Å². The molecule has 0 N–H and O–H groups in total. The number of nitrogens with zero attached hydrogens (tertiary/aromatic N) is 4. The summed E-state index contributed by atoms with van der Waals surface area (Å²) >= 11 is 0. The van der Waals surface area contributed by atoms with Crippen molar-refractivity contribution in [2.75, 3.05) is 33.3 Å². The van der Waals surface area contributed by atoms with Gasteiger partial charge in [0.25, 0.3) is 5.91 Å². The molecule has 1 saturated heterocycles. The molecule has 0 radical (unpaired) electrons. The van der Waals surface area contributed by atoms with Gasteiger partial charge in [-0.25, -0.2) is 4.98 Å². The molecule has 1 fully saturated rings. The number of imidazole rings is 1. The molecule has 1 amide bonds. The van der Waals surface area contributed by atoms with Crippen LogP contribution < -0.4 is 4.74 Å². The van der Waals surface area contributed by atoms with Gasteiger partial charge in [-0.2, -0.15) is 0 Å². The number of hydrogen-bond acceptors (Lipinski definition) is 4. The number of methoxy groups -OCH3 is 1. The maximum Gasteiger partial charge on any atom is 0.255 e. The fourth-order valence-electron chi connectivity index (χ4n) is 5.50. The third-order valence-corrected chi connectivity index (χ3v) is 8.11. The molecule has 3 aromatic rings.